The molecule has 2 atom stereocenters. The fourth-order valence-electron chi connectivity index (χ4n) is 4.63. The summed E-state index contributed by atoms with van der Waals surface area (Å²) >= 11 is 0. The first-order valence-corrected chi connectivity index (χ1v) is 14.9. The van der Waals surface area contributed by atoms with E-state index in [4.69, 9.17) is 4.98 Å². The number of hydrogen-bond acceptors (Lipinski definition) is 11. The molecule has 5 rings (SSSR count). The molecule has 0 fully saturated rings. The molecule has 2 N–H and O–H groups in total. The monoisotopic (exact) mass is 651 g/mol. The second-order valence-electron chi connectivity index (χ2n) is 10.8. The smallest absolute Gasteiger partial charge is 0.328 e. The number of aromatic nitrogens is 7. The number of carbonyl (C=O) groups is 4. The van der Waals surface area contributed by atoms with Crippen LogP contribution in [0.2, 0.25) is 0 Å². The molecule has 0 aliphatic carbocycles. The van der Waals surface area contributed by atoms with Crippen LogP contribution in [-0.4, -0.2) is 85.0 Å². The van der Waals surface area contributed by atoms with Crippen LogP contribution in [0.4, 0.5) is 0 Å². The van der Waals surface area contributed by atoms with Crippen molar-refractivity contribution >= 4 is 23.8 Å². The van der Waals surface area contributed by atoms with Crippen LogP contribution in [0.1, 0.15) is 45.7 Å². The highest BCUT2D eigenvalue weighted by atomic mass is 16.5. The van der Waals surface area contributed by atoms with Crippen molar-refractivity contribution in [2.75, 3.05) is 14.2 Å². The molecule has 48 heavy (non-hydrogen) atoms. The molecule has 0 bridgehead atoms. The summed E-state index contributed by atoms with van der Waals surface area (Å²) in [5, 5.41) is 22.2. The van der Waals surface area contributed by atoms with E-state index in [-0.39, 0.29) is 11.8 Å². The summed E-state index contributed by atoms with van der Waals surface area (Å²) in [6, 6.07) is 17.9. The van der Waals surface area contributed by atoms with Crippen molar-refractivity contribution in [3.8, 4) is 22.8 Å². The molecule has 2 aromatic carbocycles. The lowest BCUT2D eigenvalue weighted by Crippen LogP contribution is -2.39. The van der Waals surface area contributed by atoms with E-state index in [1.807, 2.05) is 18.2 Å². The molecule has 3 aromatic heterocycles. The van der Waals surface area contributed by atoms with Crippen LogP contribution in [0.25, 0.3) is 22.8 Å². The van der Waals surface area contributed by atoms with E-state index >= 15 is 0 Å². The van der Waals surface area contributed by atoms with Gasteiger partial charge in [0.25, 0.3) is 11.8 Å². The van der Waals surface area contributed by atoms with Crippen LogP contribution in [0.5, 0.6) is 0 Å². The first-order chi connectivity index (χ1) is 23.1. The minimum Gasteiger partial charge on any atom is -0.467 e. The van der Waals surface area contributed by atoms with Crippen LogP contribution in [0.15, 0.2) is 79.1 Å². The van der Waals surface area contributed by atoms with E-state index in [2.05, 4.69) is 40.7 Å². The Balaban J connectivity index is 1.19. The van der Waals surface area contributed by atoms with E-state index in [1.54, 1.807) is 84.1 Å². The first-order valence-electron chi connectivity index (χ1n) is 14.9. The summed E-state index contributed by atoms with van der Waals surface area (Å²) in [6.45, 7) is 3.94. The Morgan fingerprint density at radius 3 is 1.40 bits per heavy atom. The van der Waals surface area contributed by atoms with Crippen LogP contribution < -0.4 is 10.6 Å². The Morgan fingerprint density at radius 2 is 1.02 bits per heavy atom. The van der Waals surface area contributed by atoms with Gasteiger partial charge in [-0.3, -0.25) is 9.59 Å². The third kappa shape index (κ3) is 8.12. The average Bonchev–Trinajstić information content (AvgIpc) is 3.78. The topological polar surface area (TPSA) is 185 Å². The van der Waals surface area contributed by atoms with E-state index in [0.717, 1.165) is 11.1 Å². The molecule has 0 saturated heterocycles. The zero-order valence-electron chi connectivity index (χ0n) is 26.7. The van der Waals surface area contributed by atoms with Crippen LogP contribution in [0, 0.1) is 0 Å². The van der Waals surface area contributed by atoms with Gasteiger partial charge in [-0.15, -0.1) is 10.2 Å². The summed E-state index contributed by atoms with van der Waals surface area (Å²) in [5.41, 5.74) is 4.98. The molecule has 3 heterocycles. The zero-order chi connectivity index (χ0) is 34.2. The minimum absolute atomic E-state index is 0.377. The number of nitrogens with zero attached hydrogens (tertiary/aromatic N) is 7. The van der Waals surface area contributed by atoms with Crippen LogP contribution >= 0.6 is 0 Å². The van der Waals surface area contributed by atoms with Crippen molar-refractivity contribution in [3.63, 3.8) is 0 Å². The lowest BCUT2D eigenvalue weighted by molar-refractivity contribution is -0.143. The SMILES string of the molecule is COC(=O)[C@H](C)NC(=O)c1ccc(Cn2cc(-c3cccc(-c4cn(Cc5ccc(C(=O)N[C@@H](C)C(=O)OC)cc5)nn4)n3)nn2)cc1. The molecular weight excluding hydrogens is 618 g/mol. The van der Waals surface area contributed by atoms with Gasteiger partial charge in [0, 0.05) is 11.1 Å². The van der Waals surface area contributed by atoms with E-state index in [9.17, 15) is 19.2 Å². The molecule has 246 valence electrons. The fraction of sp³-hybridized carbons (Fsp3) is 0.242. The maximum Gasteiger partial charge on any atom is 0.328 e. The third-order valence-electron chi connectivity index (χ3n) is 7.28. The molecule has 2 amide bonds. The van der Waals surface area contributed by atoms with Gasteiger partial charge in [0.1, 0.15) is 23.5 Å². The van der Waals surface area contributed by atoms with Gasteiger partial charge in [-0.25, -0.2) is 23.9 Å². The zero-order valence-corrected chi connectivity index (χ0v) is 26.7. The Hall–Kier alpha value is -6.25. The first kappa shape index (κ1) is 33.1. The van der Waals surface area contributed by atoms with Crippen molar-refractivity contribution in [1.82, 2.24) is 45.6 Å². The highest BCUT2D eigenvalue weighted by Crippen LogP contribution is 2.20. The molecule has 0 radical (unpaired) electrons. The van der Waals surface area contributed by atoms with Crippen LogP contribution in [-0.2, 0) is 32.2 Å². The van der Waals surface area contributed by atoms with Gasteiger partial charge < -0.3 is 20.1 Å². The summed E-state index contributed by atoms with van der Waals surface area (Å²) in [6.07, 6.45) is 3.56. The number of ether oxygens (including phenoxy) is 2. The maximum atomic E-state index is 12.4. The Bertz CT molecular complexity index is 1780. The second-order valence-corrected chi connectivity index (χ2v) is 10.8. The molecule has 0 unspecified atom stereocenters. The molecule has 0 aliphatic rings. The van der Waals surface area contributed by atoms with E-state index in [0.29, 0.717) is 47.0 Å². The summed E-state index contributed by atoms with van der Waals surface area (Å²) in [5.74, 6) is -1.80. The Labute approximate surface area is 275 Å². The van der Waals surface area contributed by atoms with Crippen molar-refractivity contribution < 1.29 is 28.7 Å². The fourth-order valence-corrected chi connectivity index (χ4v) is 4.63. The van der Waals surface area contributed by atoms with Crippen LogP contribution in [0.3, 0.4) is 0 Å². The predicted octanol–water partition coefficient (Wildman–Crippen LogP) is 2.28. The van der Waals surface area contributed by atoms with Gasteiger partial charge in [-0.1, -0.05) is 40.8 Å². The molecule has 15 heteroatoms. The van der Waals surface area contributed by atoms with Gasteiger partial charge in [0.05, 0.1) is 51.1 Å². The normalized spacial score (nSPS) is 12.1. The summed E-state index contributed by atoms with van der Waals surface area (Å²) in [7, 11) is 2.53. The quantitative estimate of drug-likeness (QED) is 0.189. The molecule has 5 aromatic rings. The van der Waals surface area contributed by atoms with Gasteiger partial charge >= 0.3 is 11.9 Å². The Kier molecular flexibility index (Phi) is 10.3. The maximum absolute atomic E-state index is 12.4. The van der Waals surface area contributed by atoms with Crippen molar-refractivity contribution in [2.24, 2.45) is 0 Å². The predicted molar refractivity (Wildman–Crippen MR) is 171 cm³/mol. The minimum atomic E-state index is -0.757. The number of amides is 2. The second kappa shape index (κ2) is 14.9. The number of pyridine rings is 1. The third-order valence-corrected chi connectivity index (χ3v) is 7.28. The van der Waals surface area contributed by atoms with Crippen molar-refractivity contribution in [2.45, 2.75) is 39.0 Å². The summed E-state index contributed by atoms with van der Waals surface area (Å²) in [4.78, 5) is 52.7. The van der Waals surface area contributed by atoms with E-state index < -0.39 is 24.0 Å². The average molecular weight is 652 g/mol. The molecule has 0 saturated carbocycles. The molecule has 0 aliphatic heterocycles. The highest BCUT2D eigenvalue weighted by Gasteiger charge is 2.18. The van der Waals surface area contributed by atoms with Gasteiger partial charge in [0.2, 0.25) is 0 Å². The Morgan fingerprint density at radius 1 is 0.625 bits per heavy atom. The lowest BCUT2D eigenvalue weighted by atomic mass is 10.1. The summed E-state index contributed by atoms with van der Waals surface area (Å²) < 4.78 is 12.6. The lowest BCUT2D eigenvalue weighted by Gasteiger charge is -2.11. The largest absolute Gasteiger partial charge is 0.467 e. The molecular formula is C33H33N9O6. The number of esters is 2. The number of carbonyl (C=O) groups excluding carboxylic acids is 4. The van der Waals surface area contributed by atoms with Crippen molar-refractivity contribution in [1.29, 1.82) is 0 Å². The van der Waals surface area contributed by atoms with Gasteiger partial charge in [-0.2, -0.15) is 0 Å². The number of methoxy groups -OCH3 is 2. The molecule has 15 nitrogen and oxygen atoms in total. The molecule has 0 spiro atoms. The number of nitrogens with one attached hydrogen (secondary N) is 2. The van der Waals surface area contributed by atoms with Gasteiger partial charge in [-0.05, 0) is 61.4 Å². The highest BCUT2D eigenvalue weighted by molar-refractivity contribution is 5.97. The number of hydrogen-bond donors (Lipinski definition) is 2. The number of rotatable bonds is 12. The van der Waals surface area contributed by atoms with Crippen molar-refractivity contribution in [3.05, 3.63) is 101 Å². The standard InChI is InChI=1S/C33H33N9O6/c1-20(32(45)47-3)34-30(43)24-12-8-22(9-13-24)16-41-18-28(37-39-41)26-6-5-7-27(36-26)29-19-42(40-38-29)17-23-10-14-25(15-11-23)31(44)35-21(2)33(46)48-4/h5-15,18-21H,16-17H2,1-4H3,(H,34,43)(H,35,44)/t20-,21-/m0/s1. The van der Waals surface area contributed by atoms with E-state index in [1.165, 1.54) is 14.2 Å². The number of benzene rings is 2. The van der Waals surface area contributed by atoms with Gasteiger partial charge in [0.15, 0.2) is 0 Å².